The molecule has 0 saturated carbocycles. The molecule has 25 heavy (non-hydrogen) atoms. The summed E-state index contributed by atoms with van der Waals surface area (Å²) in [5, 5.41) is 12.9. The maximum atomic E-state index is 12.2. The van der Waals surface area contributed by atoms with Gasteiger partial charge in [0.2, 0.25) is 0 Å². The highest BCUT2D eigenvalue weighted by Crippen LogP contribution is 2.10. The number of carbonyl (C=O) groups is 1. The molecule has 1 unspecified atom stereocenters. The van der Waals surface area contributed by atoms with Gasteiger partial charge in [0, 0.05) is 38.6 Å². The first kappa shape index (κ1) is 19.2. The molecule has 7 nitrogen and oxygen atoms in total. The highest BCUT2D eigenvalue weighted by Gasteiger charge is 2.22. The van der Waals surface area contributed by atoms with Crippen molar-refractivity contribution >= 4 is 11.7 Å². The molecule has 0 radical (unpaired) electrons. The molecule has 7 heteroatoms. The van der Waals surface area contributed by atoms with Crippen LogP contribution in [0.3, 0.4) is 0 Å². The number of rotatable bonds is 7. The van der Waals surface area contributed by atoms with Crippen LogP contribution in [0.2, 0.25) is 0 Å². The van der Waals surface area contributed by atoms with E-state index in [1.165, 1.54) is 4.90 Å². The molecule has 0 spiro atoms. The van der Waals surface area contributed by atoms with Crippen LogP contribution < -0.4 is 5.32 Å². The first-order valence-corrected chi connectivity index (χ1v) is 8.54. The van der Waals surface area contributed by atoms with E-state index in [1.807, 2.05) is 55.8 Å². The van der Waals surface area contributed by atoms with E-state index in [1.54, 1.807) is 6.92 Å². The third-order valence-electron chi connectivity index (χ3n) is 3.41. The van der Waals surface area contributed by atoms with E-state index in [2.05, 4.69) is 10.3 Å². The number of aliphatic hydroxyl groups is 1. The molecule has 0 aromatic carbocycles. The summed E-state index contributed by atoms with van der Waals surface area (Å²) in [6.07, 6.45) is 2.91. The van der Waals surface area contributed by atoms with Crippen LogP contribution >= 0.6 is 0 Å². The predicted molar refractivity (Wildman–Crippen MR) is 96.4 cm³/mol. The lowest BCUT2D eigenvalue weighted by Gasteiger charge is -2.28. The van der Waals surface area contributed by atoms with Crippen molar-refractivity contribution in [3.63, 3.8) is 0 Å². The maximum absolute atomic E-state index is 12.2. The van der Waals surface area contributed by atoms with Gasteiger partial charge < -0.3 is 24.5 Å². The van der Waals surface area contributed by atoms with E-state index in [4.69, 9.17) is 4.74 Å². The van der Waals surface area contributed by atoms with Crippen LogP contribution in [0.15, 0.2) is 30.6 Å². The minimum atomic E-state index is -0.606. The average molecular weight is 348 g/mol. The summed E-state index contributed by atoms with van der Waals surface area (Å²) in [5.74, 6) is 0. The van der Waals surface area contributed by atoms with Gasteiger partial charge in [0.1, 0.15) is 11.2 Å². The van der Waals surface area contributed by atoms with E-state index >= 15 is 0 Å². The number of aromatic nitrogens is 2. The summed E-state index contributed by atoms with van der Waals surface area (Å²) in [6.45, 7) is 9.02. The topological polar surface area (TPSA) is 79.1 Å². The van der Waals surface area contributed by atoms with Crippen molar-refractivity contribution in [2.75, 3.05) is 19.6 Å². The van der Waals surface area contributed by atoms with Crippen molar-refractivity contribution < 1.29 is 14.6 Å². The van der Waals surface area contributed by atoms with Crippen LogP contribution in [0.25, 0.3) is 5.65 Å². The van der Waals surface area contributed by atoms with Gasteiger partial charge in [-0.25, -0.2) is 9.78 Å². The number of imidazole rings is 1. The standard InChI is InChI=1S/C18H28N4O3/c1-14(23)12-22(17(24)25-18(2,3)4)10-8-19-11-15-13-21-9-6-5-7-16(21)20-15/h5-7,9,13-14,19,23H,8,10-12H2,1-4H3. The number of hydrogen-bond acceptors (Lipinski definition) is 5. The van der Waals surface area contributed by atoms with Crippen molar-refractivity contribution in [2.45, 2.75) is 45.9 Å². The zero-order valence-corrected chi connectivity index (χ0v) is 15.4. The normalized spacial score (nSPS) is 13.0. The van der Waals surface area contributed by atoms with Gasteiger partial charge in [-0.1, -0.05) is 6.07 Å². The van der Waals surface area contributed by atoms with Crippen LogP contribution in [0.1, 0.15) is 33.4 Å². The Bertz CT molecular complexity index is 658. The zero-order chi connectivity index (χ0) is 18.4. The summed E-state index contributed by atoms with van der Waals surface area (Å²) in [7, 11) is 0. The van der Waals surface area contributed by atoms with E-state index < -0.39 is 17.8 Å². The predicted octanol–water partition coefficient (Wildman–Crippen LogP) is 2.04. The van der Waals surface area contributed by atoms with Gasteiger partial charge in [-0.2, -0.15) is 0 Å². The Morgan fingerprint density at radius 3 is 2.84 bits per heavy atom. The molecule has 1 atom stereocenters. The van der Waals surface area contributed by atoms with E-state index in [9.17, 15) is 9.90 Å². The number of nitrogens with one attached hydrogen (secondary N) is 1. The molecule has 0 aliphatic heterocycles. The lowest BCUT2D eigenvalue weighted by molar-refractivity contribution is 0.0164. The number of ether oxygens (including phenoxy) is 1. The van der Waals surface area contributed by atoms with Gasteiger partial charge >= 0.3 is 6.09 Å². The van der Waals surface area contributed by atoms with Gasteiger partial charge in [-0.15, -0.1) is 0 Å². The molecule has 0 fully saturated rings. The minimum absolute atomic E-state index is 0.241. The Morgan fingerprint density at radius 2 is 2.20 bits per heavy atom. The van der Waals surface area contributed by atoms with Crippen LogP contribution in [0.4, 0.5) is 4.79 Å². The summed E-state index contributed by atoms with van der Waals surface area (Å²) < 4.78 is 7.36. The summed E-state index contributed by atoms with van der Waals surface area (Å²) in [5.41, 5.74) is 1.28. The van der Waals surface area contributed by atoms with Crippen LogP contribution in [0, 0.1) is 0 Å². The van der Waals surface area contributed by atoms with Crippen molar-refractivity contribution in [1.29, 1.82) is 0 Å². The fourth-order valence-corrected chi connectivity index (χ4v) is 2.41. The van der Waals surface area contributed by atoms with Gasteiger partial charge in [-0.3, -0.25) is 0 Å². The van der Waals surface area contributed by atoms with Crippen molar-refractivity contribution in [2.24, 2.45) is 0 Å². The smallest absolute Gasteiger partial charge is 0.410 e. The van der Waals surface area contributed by atoms with Gasteiger partial charge in [-0.05, 0) is 39.8 Å². The third-order valence-corrected chi connectivity index (χ3v) is 3.41. The van der Waals surface area contributed by atoms with Crippen LogP contribution in [-0.4, -0.2) is 56.8 Å². The van der Waals surface area contributed by atoms with Crippen LogP contribution in [-0.2, 0) is 11.3 Å². The van der Waals surface area contributed by atoms with E-state index in [-0.39, 0.29) is 6.54 Å². The summed E-state index contributed by atoms with van der Waals surface area (Å²) in [6, 6.07) is 5.87. The molecule has 1 amide bonds. The van der Waals surface area contributed by atoms with Crippen molar-refractivity contribution in [1.82, 2.24) is 19.6 Å². The second-order valence-electron chi connectivity index (χ2n) is 7.15. The van der Waals surface area contributed by atoms with Gasteiger partial charge in [0.25, 0.3) is 0 Å². The quantitative estimate of drug-likeness (QED) is 0.749. The minimum Gasteiger partial charge on any atom is -0.444 e. The SMILES string of the molecule is CC(O)CN(CCNCc1cn2ccccc2n1)C(=O)OC(C)(C)C. The molecule has 2 rings (SSSR count). The lowest BCUT2D eigenvalue weighted by Crippen LogP contribution is -2.43. The Hall–Kier alpha value is -2.12. The molecule has 2 N–H and O–H groups in total. The first-order valence-electron chi connectivity index (χ1n) is 8.54. The van der Waals surface area contributed by atoms with E-state index in [0.29, 0.717) is 19.6 Å². The van der Waals surface area contributed by atoms with Crippen molar-refractivity contribution in [3.05, 3.63) is 36.3 Å². The maximum Gasteiger partial charge on any atom is 0.410 e. The number of hydrogen-bond donors (Lipinski definition) is 2. The second-order valence-corrected chi connectivity index (χ2v) is 7.15. The molecule has 0 saturated heterocycles. The summed E-state index contributed by atoms with van der Waals surface area (Å²) >= 11 is 0. The molecule has 2 heterocycles. The molecule has 0 bridgehead atoms. The largest absolute Gasteiger partial charge is 0.444 e. The van der Waals surface area contributed by atoms with Gasteiger partial charge in [0.15, 0.2) is 0 Å². The Labute approximate surface area is 148 Å². The molecule has 0 aliphatic rings. The molecule has 2 aromatic rings. The van der Waals surface area contributed by atoms with E-state index in [0.717, 1.165) is 11.3 Å². The number of aliphatic hydroxyl groups excluding tert-OH is 1. The Balaban J connectivity index is 1.84. The molecule has 2 aromatic heterocycles. The number of nitrogens with zero attached hydrogens (tertiary/aromatic N) is 3. The Morgan fingerprint density at radius 1 is 1.44 bits per heavy atom. The molecule has 0 aliphatic carbocycles. The fourth-order valence-electron chi connectivity index (χ4n) is 2.41. The number of fused-ring (bicyclic) bond motifs is 1. The first-order chi connectivity index (χ1) is 11.7. The number of carbonyl (C=O) groups excluding carboxylic acids is 1. The monoisotopic (exact) mass is 348 g/mol. The highest BCUT2D eigenvalue weighted by molar-refractivity contribution is 5.68. The van der Waals surface area contributed by atoms with Gasteiger partial charge in [0.05, 0.1) is 11.8 Å². The highest BCUT2D eigenvalue weighted by atomic mass is 16.6. The zero-order valence-electron chi connectivity index (χ0n) is 15.4. The second kappa shape index (κ2) is 8.31. The fraction of sp³-hybridized carbons (Fsp3) is 0.556. The van der Waals surface area contributed by atoms with Crippen molar-refractivity contribution in [3.8, 4) is 0 Å². The van der Waals surface area contributed by atoms with Crippen LogP contribution in [0.5, 0.6) is 0 Å². The summed E-state index contributed by atoms with van der Waals surface area (Å²) in [4.78, 5) is 18.3. The number of amides is 1. The number of pyridine rings is 1. The molecular weight excluding hydrogens is 320 g/mol. The Kier molecular flexibility index (Phi) is 6.39. The molecule has 138 valence electrons. The third kappa shape index (κ3) is 6.36. The average Bonchev–Trinajstić information content (AvgIpc) is 2.90. The lowest BCUT2D eigenvalue weighted by atomic mass is 10.2. The molecular formula is C18H28N4O3.